The molecular formula is C23H37NO3S. The van der Waals surface area contributed by atoms with Crippen molar-refractivity contribution in [1.29, 1.82) is 0 Å². The van der Waals surface area contributed by atoms with Gasteiger partial charge in [-0.25, -0.2) is 4.79 Å². The predicted octanol–water partition coefficient (Wildman–Crippen LogP) is 6.23. The molecule has 0 bridgehead atoms. The number of hydrogen-bond acceptors (Lipinski definition) is 4. The summed E-state index contributed by atoms with van der Waals surface area (Å²) in [5.74, 6) is 0.301. The smallest absolute Gasteiger partial charge is 0.341 e. The average Bonchev–Trinajstić information content (AvgIpc) is 3.04. The average molecular weight is 408 g/mol. The van der Waals surface area contributed by atoms with E-state index in [-0.39, 0.29) is 23.2 Å². The van der Waals surface area contributed by atoms with Crippen LogP contribution in [0.15, 0.2) is 0 Å². The normalized spacial score (nSPS) is 17.7. The largest absolute Gasteiger partial charge is 0.465 e. The summed E-state index contributed by atoms with van der Waals surface area (Å²) in [7, 11) is 1.42. The van der Waals surface area contributed by atoms with E-state index in [9.17, 15) is 9.59 Å². The van der Waals surface area contributed by atoms with E-state index < -0.39 is 0 Å². The van der Waals surface area contributed by atoms with Gasteiger partial charge >= 0.3 is 5.97 Å². The molecule has 2 atom stereocenters. The van der Waals surface area contributed by atoms with Crippen molar-refractivity contribution in [2.24, 2.45) is 17.3 Å². The molecule has 5 heteroatoms. The maximum atomic E-state index is 12.8. The maximum absolute atomic E-state index is 12.8. The fourth-order valence-corrected chi connectivity index (χ4v) is 5.45. The molecule has 0 fully saturated rings. The van der Waals surface area contributed by atoms with Crippen molar-refractivity contribution in [3.05, 3.63) is 16.0 Å². The summed E-state index contributed by atoms with van der Waals surface area (Å²) in [4.78, 5) is 26.6. The van der Waals surface area contributed by atoms with E-state index in [1.165, 1.54) is 12.0 Å². The summed E-state index contributed by atoms with van der Waals surface area (Å²) in [5.41, 5.74) is 1.97. The van der Waals surface area contributed by atoms with Gasteiger partial charge in [-0.05, 0) is 49.0 Å². The van der Waals surface area contributed by atoms with Crippen LogP contribution in [0.4, 0.5) is 5.00 Å². The van der Waals surface area contributed by atoms with Gasteiger partial charge in [-0.2, -0.15) is 0 Å². The minimum atomic E-state index is -0.331. The SMILES string of the molecule is CCCCC(CC)C(=O)Nc1sc2c(c1C(=O)OC)CCC(C(C)(C)CC)C2. The number of methoxy groups -OCH3 is 1. The molecule has 1 N–H and O–H groups in total. The highest BCUT2D eigenvalue weighted by Gasteiger charge is 2.35. The quantitative estimate of drug-likeness (QED) is 0.494. The number of ether oxygens (including phenoxy) is 1. The number of rotatable bonds is 9. The van der Waals surface area contributed by atoms with Crippen LogP contribution in [-0.2, 0) is 22.4 Å². The molecule has 1 heterocycles. The van der Waals surface area contributed by atoms with Gasteiger partial charge in [0, 0.05) is 10.8 Å². The highest BCUT2D eigenvalue weighted by molar-refractivity contribution is 7.17. The summed E-state index contributed by atoms with van der Waals surface area (Å²) >= 11 is 1.58. The highest BCUT2D eigenvalue weighted by Crippen LogP contribution is 2.45. The molecule has 2 unspecified atom stereocenters. The van der Waals surface area contributed by atoms with E-state index in [2.05, 4.69) is 39.9 Å². The van der Waals surface area contributed by atoms with E-state index in [0.29, 0.717) is 16.5 Å². The zero-order valence-electron chi connectivity index (χ0n) is 18.4. The number of carbonyl (C=O) groups is 2. The summed E-state index contributed by atoms with van der Waals surface area (Å²) in [6, 6.07) is 0. The third kappa shape index (κ3) is 4.97. The monoisotopic (exact) mass is 407 g/mol. The second kappa shape index (κ2) is 9.91. The Morgan fingerprint density at radius 3 is 2.57 bits per heavy atom. The number of thiophene rings is 1. The molecule has 0 saturated carbocycles. The Morgan fingerprint density at radius 2 is 2.00 bits per heavy atom. The van der Waals surface area contributed by atoms with E-state index >= 15 is 0 Å². The van der Waals surface area contributed by atoms with Crippen LogP contribution in [0.5, 0.6) is 0 Å². The fourth-order valence-electron chi connectivity index (χ4n) is 4.13. The Hall–Kier alpha value is -1.36. The van der Waals surface area contributed by atoms with E-state index in [1.54, 1.807) is 11.3 Å². The lowest BCUT2D eigenvalue weighted by atomic mass is 9.69. The number of nitrogens with one attached hydrogen (secondary N) is 1. The van der Waals surface area contributed by atoms with Crippen LogP contribution in [0.25, 0.3) is 0 Å². The first-order valence-electron chi connectivity index (χ1n) is 10.8. The van der Waals surface area contributed by atoms with E-state index in [1.807, 2.05) is 0 Å². The zero-order chi connectivity index (χ0) is 20.9. The summed E-state index contributed by atoms with van der Waals surface area (Å²) in [5, 5.41) is 3.78. The standard InChI is InChI=1S/C23H37NO3S/c1-7-10-11-15(8-2)20(25)24-21-19(22(26)27-6)17-13-12-16(14-18(17)28-21)23(4,5)9-3/h15-16H,7-14H2,1-6H3,(H,24,25). The molecule has 0 aliphatic heterocycles. The zero-order valence-corrected chi connectivity index (χ0v) is 19.3. The van der Waals surface area contributed by atoms with Gasteiger partial charge in [-0.3, -0.25) is 4.79 Å². The molecular weight excluding hydrogens is 370 g/mol. The molecule has 1 aromatic heterocycles. The number of unbranched alkanes of at least 4 members (excludes halogenated alkanes) is 1. The van der Waals surface area contributed by atoms with Crippen LogP contribution in [0.3, 0.4) is 0 Å². The minimum Gasteiger partial charge on any atom is -0.465 e. The second-order valence-corrected chi connectivity index (χ2v) is 9.82. The highest BCUT2D eigenvalue weighted by atomic mass is 32.1. The van der Waals surface area contributed by atoms with E-state index in [0.717, 1.165) is 56.9 Å². The molecule has 1 amide bonds. The molecule has 2 rings (SSSR count). The molecule has 1 aromatic rings. The van der Waals surface area contributed by atoms with Crippen molar-refractivity contribution in [3.8, 4) is 0 Å². The Bertz CT molecular complexity index is 692. The molecule has 0 saturated heterocycles. The lowest BCUT2D eigenvalue weighted by Crippen LogP contribution is -2.28. The first-order chi connectivity index (χ1) is 13.3. The number of amides is 1. The molecule has 28 heavy (non-hydrogen) atoms. The van der Waals surface area contributed by atoms with Crippen LogP contribution in [0.1, 0.15) is 93.9 Å². The number of hydrogen-bond donors (Lipinski definition) is 1. The van der Waals surface area contributed by atoms with Crippen LogP contribution >= 0.6 is 11.3 Å². The Labute approximate surface area is 174 Å². The Balaban J connectivity index is 2.30. The van der Waals surface area contributed by atoms with Crippen LogP contribution < -0.4 is 5.32 Å². The van der Waals surface area contributed by atoms with Gasteiger partial charge in [-0.1, -0.05) is 53.9 Å². The topological polar surface area (TPSA) is 55.4 Å². The molecule has 158 valence electrons. The summed E-state index contributed by atoms with van der Waals surface area (Å²) in [6.45, 7) is 11.1. The Morgan fingerprint density at radius 1 is 1.29 bits per heavy atom. The molecule has 0 radical (unpaired) electrons. The van der Waals surface area contributed by atoms with Crippen molar-refractivity contribution in [3.63, 3.8) is 0 Å². The second-order valence-electron chi connectivity index (χ2n) is 8.72. The molecule has 1 aliphatic carbocycles. The number of fused-ring (bicyclic) bond motifs is 1. The van der Waals surface area contributed by atoms with Gasteiger partial charge < -0.3 is 10.1 Å². The fraction of sp³-hybridized carbons (Fsp3) is 0.739. The van der Waals surface area contributed by atoms with Crippen molar-refractivity contribution < 1.29 is 14.3 Å². The number of esters is 1. The first kappa shape index (κ1) is 22.9. The van der Waals surface area contributed by atoms with Gasteiger partial charge in [0.1, 0.15) is 5.00 Å². The number of carbonyl (C=O) groups excluding carboxylic acids is 2. The van der Waals surface area contributed by atoms with Gasteiger partial charge in [0.05, 0.1) is 12.7 Å². The number of anilines is 1. The van der Waals surface area contributed by atoms with Crippen molar-refractivity contribution in [1.82, 2.24) is 0 Å². The van der Waals surface area contributed by atoms with E-state index in [4.69, 9.17) is 4.74 Å². The van der Waals surface area contributed by atoms with Gasteiger partial charge in [0.25, 0.3) is 0 Å². The first-order valence-corrected chi connectivity index (χ1v) is 11.6. The van der Waals surface area contributed by atoms with Crippen LogP contribution in [-0.4, -0.2) is 19.0 Å². The van der Waals surface area contributed by atoms with Gasteiger partial charge in [0.2, 0.25) is 5.91 Å². The summed E-state index contributed by atoms with van der Waals surface area (Å²) < 4.78 is 5.07. The predicted molar refractivity (Wildman–Crippen MR) is 117 cm³/mol. The lowest BCUT2D eigenvalue weighted by Gasteiger charge is -2.36. The maximum Gasteiger partial charge on any atom is 0.341 e. The molecule has 4 nitrogen and oxygen atoms in total. The van der Waals surface area contributed by atoms with Crippen LogP contribution in [0.2, 0.25) is 0 Å². The third-order valence-corrected chi connectivity index (χ3v) is 7.85. The molecule has 0 spiro atoms. The Kier molecular flexibility index (Phi) is 8.11. The van der Waals surface area contributed by atoms with Crippen molar-refractivity contribution in [2.75, 3.05) is 12.4 Å². The van der Waals surface area contributed by atoms with Gasteiger partial charge in [0.15, 0.2) is 0 Å². The molecule has 0 aromatic carbocycles. The summed E-state index contributed by atoms with van der Waals surface area (Å²) in [6.07, 6.45) is 7.92. The van der Waals surface area contributed by atoms with Crippen molar-refractivity contribution in [2.45, 2.75) is 86.0 Å². The van der Waals surface area contributed by atoms with Gasteiger partial charge in [-0.15, -0.1) is 11.3 Å². The minimum absolute atomic E-state index is 0.00338. The third-order valence-electron chi connectivity index (χ3n) is 6.68. The molecule has 1 aliphatic rings. The lowest BCUT2D eigenvalue weighted by molar-refractivity contribution is -0.120. The van der Waals surface area contributed by atoms with Crippen LogP contribution in [0, 0.1) is 17.3 Å². The van der Waals surface area contributed by atoms with Crippen molar-refractivity contribution >= 4 is 28.2 Å².